The first-order valence-electron chi connectivity index (χ1n) is 11.7. The quantitative estimate of drug-likeness (QED) is 0.305. The first kappa shape index (κ1) is 21.1. The maximum Gasteiger partial charge on any atom is 0.318 e. The third kappa shape index (κ3) is 3.64. The van der Waals surface area contributed by atoms with E-state index in [0.29, 0.717) is 23.3 Å². The molecule has 1 heterocycles. The Kier molecular flexibility index (Phi) is 5.07. The van der Waals surface area contributed by atoms with Gasteiger partial charge >= 0.3 is 5.97 Å². The second kappa shape index (κ2) is 8.41. The fourth-order valence-corrected chi connectivity index (χ4v) is 5.06. The number of Topliss-reactive ketones (excluding diaryl/α,β-unsaturated/α-hetero) is 1. The molecule has 1 N–H and O–H groups in total. The molecule has 1 aromatic heterocycles. The monoisotopic (exact) mass is 458 g/mol. The third-order valence-electron chi connectivity index (χ3n) is 6.80. The Morgan fingerprint density at radius 3 is 2.23 bits per heavy atom. The Morgan fingerprint density at radius 2 is 1.46 bits per heavy atom. The van der Waals surface area contributed by atoms with Gasteiger partial charge in [-0.3, -0.25) is 9.59 Å². The molecule has 0 amide bonds. The van der Waals surface area contributed by atoms with Crippen molar-refractivity contribution in [2.75, 3.05) is 0 Å². The number of para-hydroxylation sites is 1. The van der Waals surface area contributed by atoms with Gasteiger partial charge in [-0.25, -0.2) is 0 Å². The number of carboxylic acid groups (broad SMARTS) is 1. The molecule has 0 spiro atoms. The molecule has 170 valence electrons. The number of ketones is 1. The van der Waals surface area contributed by atoms with Gasteiger partial charge in [0.15, 0.2) is 5.78 Å². The van der Waals surface area contributed by atoms with Crippen molar-refractivity contribution in [2.45, 2.75) is 18.8 Å². The molecule has 1 aliphatic rings. The lowest BCUT2D eigenvalue weighted by Crippen LogP contribution is -2.13. The fourth-order valence-electron chi connectivity index (χ4n) is 5.06. The van der Waals surface area contributed by atoms with Crippen LogP contribution in [0.15, 0.2) is 101 Å². The molecular weight excluding hydrogens is 436 g/mol. The first-order chi connectivity index (χ1) is 17.1. The van der Waals surface area contributed by atoms with E-state index in [-0.39, 0.29) is 5.78 Å². The zero-order valence-electron chi connectivity index (χ0n) is 18.9. The molecule has 6 rings (SSSR count). The molecule has 0 bridgehead atoms. The van der Waals surface area contributed by atoms with Crippen LogP contribution in [0.4, 0.5) is 0 Å². The van der Waals surface area contributed by atoms with Gasteiger partial charge in [-0.2, -0.15) is 0 Å². The van der Waals surface area contributed by atoms with E-state index in [1.807, 2.05) is 91.0 Å². The van der Waals surface area contributed by atoms with E-state index in [2.05, 4.69) is 6.07 Å². The highest BCUT2D eigenvalue weighted by molar-refractivity contribution is 6.02. The molecule has 4 aromatic carbocycles. The third-order valence-corrected chi connectivity index (χ3v) is 6.80. The van der Waals surface area contributed by atoms with Crippen LogP contribution in [0.5, 0.6) is 0 Å². The summed E-state index contributed by atoms with van der Waals surface area (Å²) < 4.78 is 6.19. The van der Waals surface area contributed by atoms with Gasteiger partial charge in [0.05, 0.1) is 0 Å². The SMILES string of the molecule is O=C1CCc2ccc(-c3ccc(-c4c(C(C(=O)O)c5ccccc5)oc5ccccc45)cc3)cc21. The summed E-state index contributed by atoms with van der Waals surface area (Å²) in [5, 5.41) is 11.1. The second-order valence-corrected chi connectivity index (χ2v) is 8.89. The van der Waals surface area contributed by atoms with Crippen molar-refractivity contribution in [3.63, 3.8) is 0 Å². The minimum atomic E-state index is -0.962. The van der Waals surface area contributed by atoms with Gasteiger partial charge in [-0.05, 0) is 46.4 Å². The van der Waals surface area contributed by atoms with Gasteiger partial charge in [-0.1, -0.05) is 84.9 Å². The number of carboxylic acids is 1. The maximum absolute atomic E-state index is 12.4. The van der Waals surface area contributed by atoms with E-state index in [0.717, 1.165) is 45.2 Å². The van der Waals surface area contributed by atoms with Gasteiger partial charge in [0.25, 0.3) is 0 Å². The van der Waals surface area contributed by atoms with E-state index in [1.54, 1.807) is 0 Å². The summed E-state index contributed by atoms with van der Waals surface area (Å²) in [6, 6.07) is 30.9. The highest BCUT2D eigenvalue weighted by atomic mass is 16.4. The number of hydrogen-bond acceptors (Lipinski definition) is 3. The van der Waals surface area contributed by atoms with E-state index >= 15 is 0 Å². The minimum absolute atomic E-state index is 0.202. The van der Waals surface area contributed by atoms with E-state index in [1.165, 1.54) is 0 Å². The number of hydrogen-bond donors (Lipinski definition) is 1. The van der Waals surface area contributed by atoms with Crippen molar-refractivity contribution in [2.24, 2.45) is 0 Å². The van der Waals surface area contributed by atoms with Gasteiger partial charge in [0.2, 0.25) is 0 Å². The molecule has 1 atom stereocenters. The number of rotatable bonds is 5. The molecule has 0 saturated heterocycles. The number of aryl methyl sites for hydroxylation is 1. The van der Waals surface area contributed by atoms with Crippen LogP contribution >= 0.6 is 0 Å². The van der Waals surface area contributed by atoms with Crippen molar-refractivity contribution in [3.8, 4) is 22.3 Å². The van der Waals surface area contributed by atoms with Crippen molar-refractivity contribution < 1.29 is 19.1 Å². The molecular formula is C31H22O4. The summed E-state index contributed by atoms with van der Waals surface area (Å²) in [5.41, 5.74) is 6.92. The molecule has 1 aliphatic carbocycles. The van der Waals surface area contributed by atoms with E-state index in [4.69, 9.17) is 4.42 Å². The topological polar surface area (TPSA) is 67.5 Å². The highest BCUT2D eigenvalue weighted by Gasteiger charge is 2.30. The van der Waals surface area contributed by atoms with E-state index < -0.39 is 11.9 Å². The number of benzene rings is 4. The first-order valence-corrected chi connectivity index (χ1v) is 11.7. The van der Waals surface area contributed by atoms with Crippen molar-refractivity contribution in [1.82, 2.24) is 0 Å². The number of carbonyl (C=O) groups excluding carboxylic acids is 1. The van der Waals surface area contributed by atoms with E-state index in [9.17, 15) is 14.7 Å². The molecule has 1 unspecified atom stereocenters. The maximum atomic E-state index is 12.4. The smallest absolute Gasteiger partial charge is 0.318 e. The average Bonchev–Trinajstić information content (AvgIpc) is 3.45. The lowest BCUT2D eigenvalue weighted by Gasteiger charge is -2.13. The molecule has 35 heavy (non-hydrogen) atoms. The Balaban J connectivity index is 1.47. The van der Waals surface area contributed by atoms with Gasteiger partial charge < -0.3 is 9.52 Å². The zero-order valence-corrected chi connectivity index (χ0v) is 18.9. The summed E-state index contributed by atoms with van der Waals surface area (Å²) in [7, 11) is 0. The fraction of sp³-hybridized carbons (Fsp3) is 0.0968. The molecule has 0 saturated carbocycles. The Hall–Kier alpha value is -4.44. The van der Waals surface area contributed by atoms with Crippen molar-refractivity contribution in [3.05, 3.63) is 120 Å². The second-order valence-electron chi connectivity index (χ2n) is 8.89. The zero-order chi connectivity index (χ0) is 23.9. The molecule has 0 radical (unpaired) electrons. The number of furan rings is 1. The highest BCUT2D eigenvalue weighted by Crippen LogP contribution is 2.41. The summed E-state index contributed by atoms with van der Waals surface area (Å²) in [4.78, 5) is 24.6. The average molecular weight is 459 g/mol. The largest absolute Gasteiger partial charge is 0.480 e. The van der Waals surface area contributed by atoms with Crippen molar-refractivity contribution >= 4 is 22.7 Å². The summed E-state index contributed by atoms with van der Waals surface area (Å²) in [6.45, 7) is 0. The lowest BCUT2D eigenvalue weighted by atomic mass is 9.90. The van der Waals surface area contributed by atoms with Gasteiger partial charge in [0, 0.05) is 22.9 Å². The number of fused-ring (bicyclic) bond motifs is 2. The lowest BCUT2D eigenvalue weighted by molar-refractivity contribution is -0.138. The summed E-state index contributed by atoms with van der Waals surface area (Å²) >= 11 is 0. The number of aliphatic carboxylic acids is 1. The molecule has 0 fully saturated rings. The standard InChI is InChI=1S/C31H22O4/c32-26-17-16-20-12-15-23(18-25(20)26)19-10-13-22(14-11-19)28-24-8-4-5-9-27(24)35-30(28)29(31(33)34)21-6-2-1-3-7-21/h1-15,18,29H,16-17H2,(H,33,34). The Labute approximate surface area is 202 Å². The van der Waals surface area contributed by atoms with Gasteiger partial charge in [-0.15, -0.1) is 0 Å². The molecule has 5 aromatic rings. The Bertz CT molecular complexity index is 1580. The molecule has 0 aliphatic heterocycles. The van der Waals surface area contributed by atoms with Crippen LogP contribution in [0.25, 0.3) is 33.2 Å². The molecule has 4 nitrogen and oxygen atoms in total. The molecule has 4 heteroatoms. The summed E-state index contributed by atoms with van der Waals surface area (Å²) in [5.74, 6) is -1.27. The van der Waals surface area contributed by atoms with Crippen LogP contribution in [0, 0.1) is 0 Å². The van der Waals surface area contributed by atoms with Crippen LogP contribution in [-0.4, -0.2) is 16.9 Å². The normalized spacial score (nSPS) is 13.7. The predicted octanol–water partition coefficient (Wildman–Crippen LogP) is 7.11. The van der Waals surface area contributed by atoms with Crippen LogP contribution in [0.2, 0.25) is 0 Å². The van der Waals surface area contributed by atoms with Crippen LogP contribution < -0.4 is 0 Å². The Morgan fingerprint density at radius 1 is 0.771 bits per heavy atom. The minimum Gasteiger partial charge on any atom is -0.480 e. The predicted molar refractivity (Wildman–Crippen MR) is 136 cm³/mol. The van der Waals surface area contributed by atoms with Crippen LogP contribution in [0.3, 0.4) is 0 Å². The van der Waals surface area contributed by atoms with Gasteiger partial charge in [0.1, 0.15) is 17.3 Å². The number of carbonyl (C=O) groups is 2. The van der Waals surface area contributed by atoms with Crippen LogP contribution in [-0.2, 0) is 11.2 Å². The van der Waals surface area contributed by atoms with Crippen molar-refractivity contribution in [1.29, 1.82) is 0 Å². The van der Waals surface area contributed by atoms with Crippen LogP contribution in [0.1, 0.15) is 39.6 Å². The summed E-state index contributed by atoms with van der Waals surface area (Å²) in [6.07, 6.45) is 1.40.